The van der Waals surface area contributed by atoms with Gasteiger partial charge in [0.05, 0.1) is 12.9 Å². The highest BCUT2D eigenvalue weighted by Crippen LogP contribution is 2.07. The molecule has 20 heavy (non-hydrogen) atoms. The number of ether oxygens (including phenoxy) is 1. The summed E-state index contributed by atoms with van der Waals surface area (Å²) in [5.74, 6) is -1.99. The van der Waals surface area contributed by atoms with E-state index in [-0.39, 0.29) is 24.1 Å². The minimum Gasteiger partial charge on any atom is -0.480 e. The molecule has 0 fully saturated rings. The minimum absolute atomic E-state index is 0.148. The lowest BCUT2D eigenvalue weighted by atomic mass is 10.1. The van der Waals surface area contributed by atoms with Crippen molar-refractivity contribution in [3.63, 3.8) is 0 Å². The lowest BCUT2D eigenvalue weighted by Gasteiger charge is -2.17. The zero-order valence-electron chi connectivity index (χ0n) is 12.1. The van der Waals surface area contributed by atoms with Crippen LogP contribution in [-0.4, -0.2) is 44.4 Å². The topological polar surface area (TPSA) is 110 Å². The fourth-order valence-electron chi connectivity index (χ4n) is 1.56. The van der Waals surface area contributed by atoms with Gasteiger partial charge in [0.2, 0.25) is 10.0 Å². The van der Waals surface area contributed by atoms with Gasteiger partial charge in [-0.3, -0.25) is 9.59 Å². The van der Waals surface area contributed by atoms with Gasteiger partial charge < -0.3 is 9.84 Å². The first kappa shape index (κ1) is 18.9. The fraction of sp³-hybridized carbons (Fsp3) is 0.833. The molecule has 0 saturated heterocycles. The number of rotatable bonds is 10. The molecule has 0 aromatic heterocycles. The van der Waals surface area contributed by atoms with Gasteiger partial charge in [0.25, 0.3) is 0 Å². The number of aliphatic carboxylic acids is 1. The molecule has 0 bridgehead atoms. The molecule has 8 heteroatoms. The summed E-state index contributed by atoms with van der Waals surface area (Å²) in [7, 11) is -2.32. The number of methoxy groups -OCH3 is 1. The summed E-state index contributed by atoms with van der Waals surface area (Å²) in [6.07, 6.45) is 1.74. The molecule has 0 saturated carbocycles. The largest absolute Gasteiger partial charge is 0.480 e. The third-order valence-corrected chi connectivity index (χ3v) is 4.20. The predicted octanol–water partition coefficient (Wildman–Crippen LogP) is 0.748. The van der Waals surface area contributed by atoms with Crippen LogP contribution in [0.15, 0.2) is 0 Å². The van der Waals surface area contributed by atoms with E-state index in [1.807, 2.05) is 0 Å². The molecule has 2 N–H and O–H groups in total. The monoisotopic (exact) mass is 309 g/mol. The van der Waals surface area contributed by atoms with E-state index in [0.29, 0.717) is 19.3 Å². The van der Waals surface area contributed by atoms with Crippen molar-refractivity contribution in [2.24, 2.45) is 5.92 Å². The average Bonchev–Trinajstić information content (AvgIpc) is 2.34. The summed E-state index contributed by atoms with van der Waals surface area (Å²) in [4.78, 5) is 21.8. The maximum Gasteiger partial charge on any atom is 0.321 e. The molecule has 0 aromatic rings. The molecule has 0 spiro atoms. The van der Waals surface area contributed by atoms with Crippen molar-refractivity contribution in [2.45, 2.75) is 45.6 Å². The summed E-state index contributed by atoms with van der Waals surface area (Å²) in [6, 6.07) is -1.12. The first-order chi connectivity index (χ1) is 9.19. The van der Waals surface area contributed by atoms with E-state index >= 15 is 0 Å². The highest BCUT2D eigenvalue weighted by Gasteiger charge is 2.26. The molecule has 0 unspecified atom stereocenters. The second-order valence-corrected chi connectivity index (χ2v) is 6.76. The molecule has 0 aliphatic heterocycles. The van der Waals surface area contributed by atoms with Crippen molar-refractivity contribution in [2.75, 3.05) is 12.9 Å². The average molecular weight is 309 g/mol. The van der Waals surface area contributed by atoms with Crippen LogP contribution in [0.2, 0.25) is 0 Å². The van der Waals surface area contributed by atoms with Crippen LogP contribution in [0.5, 0.6) is 0 Å². The molecule has 0 rings (SSSR count). The zero-order valence-corrected chi connectivity index (χ0v) is 12.9. The Labute approximate surface area is 119 Å². The lowest BCUT2D eigenvalue weighted by molar-refractivity contribution is -0.141. The van der Waals surface area contributed by atoms with Crippen LogP contribution >= 0.6 is 0 Å². The molecular weight excluding hydrogens is 286 g/mol. The predicted molar refractivity (Wildman–Crippen MR) is 73.7 cm³/mol. The second-order valence-electron chi connectivity index (χ2n) is 4.88. The van der Waals surface area contributed by atoms with E-state index in [1.165, 1.54) is 7.11 Å². The van der Waals surface area contributed by atoms with E-state index in [9.17, 15) is 18.0 Å². The first-order valence-electron chi connectivity index (χ1n) is 6.49. The van der Waals surface area contributed by atoms with Crippen molar-refractivity contribution in [3.05, 3.63) is 0 Å². The summed E-state index contributed by atoms with van der Waals surface area (Å²) in [5.41, 5.74) is 0. The van der Waals surface area contributed by atoms with Crippen LogP contribution in [0.3, 0.4) is 0 Å². The van der Waals surface area contributed by atoms with Gasteiger partial charge in [-0.1, -0.05) is 20.3 Å². The molecule has 118 valence electrons. The molecule has 1 atom stereocenters. The van der Waals surface area contributed by atoms with Gasteiger partial charge in [-0.15, -0.1) is 0 Å². The number of hydrogen-bond acceptors (Lipinski definition) is 5. The Morgan fingerprint density at radius 1 is 1.20 bits per heavy atom. The number of carboxylic acid groups (broad SMARTS) is 1. The standard InChI is InChI=1S/C12H23NO6S/c1-9(2)11(12(15)16)13-20(17,18)8-6-4-5-7-10(14)19-3/h9,11,13H,4-8H2,1-3H3,(H,15,16)/t11-/m0/s1. The first-order valence-corrected chi connectivity index (χ1v) is 8.14. The molecule has 0 aliphatic rings. The Morgan fingerprint density at radius 3 is 2.25 bits per heavy atom. The molecule has 0 radical (unpaired) electrons. The van der Waals surface area contributed by atoms with Gasteiger partial charge in [0.1, 0.15) is 6.04 Å². The molecule has 0 heterocycles. The van der Waals surface area contributed by atoms with Gasteiger partial charge in [-0.05, 0) is 18.8 Å². The molecule has 0 aromatic carbocycles. The van der Waals surface area contributed by atoms with Crippen LogP contribution in [0.25, 0.3) is 0 Å². The van der Waals surface area contributed by atoms with Crippen molar-refractivity contribution >= 4 is 22.0 Å². The molecule has 0 aliphatic carbocycles. The minimum atomic E-state index is -3.62. The molecule has 7 nitrogen and oxygen atoms in total. The Morgan fingerprint density at radius 2 is 1.80 bits per heavy atom. The summed E-state index contributed by atoms with van der Waals surface area (Å²) in [6.45, 7) is 3.27. The van der Waals surface area contributed by atoms with Gasteiger partial charge in [-0.2, -0.15) is 0 Å². The third-order valence-electron chi connectivity index (χ3n) is 2.76. The highest BCUT2D eigenvalue weighted by molar-refractivity contribution is 7.89. The zero-order chi connectivity index (χ0) is 15.8. The van der Waals surface area contributed by atoms with Crippen molar-refractivity contribution in [1.82, 2.24) is 4.72 Å². The third kappa shape index (κ3) is 8.11. The van der Waals surface area contributed by atoms with E-state index in [2.05, 4.69) is 9.46 Å². The van der Waals surface area contributed by atoms with Crippen molar-refractivity contribution in [1.29, 1.82) is 0 Å². The Balaban J connectivity index is 4.13. The Bertz CT molecular complexity index is 418. The van der Waals surface area contributed by atoms with Gasteiger partial charge in [0, 0.05) is 6.42 Å². The van der Waals surface area contributed by atoms with Crippen LogP contribution in [0.1, 0.15) is 39.5 Å². The van der Waals surface area contributed by atoms with Crippen molar-refractivity contribution < 1.29 is 27.9 Å². The number of carbonyl (C=O) groups excluding carboxylic acids is 1. The summed E-state index contributed by atoms with van der Waals surface area (Å²) >= 11 is 0. The number of carbonyl (C=O) groups is 2. The second kappa shape index (κ2) is 8.91. The van der Waals surface area contributed by atoms with Gasteiger partial charge in [0.15, 0.2) is 0 Å². The summed E-state index contributed by atoms with van der Waals surface area (Å²) < 4.78 is 30.1. The molecular formula is C12H23NO6S. The molecule has 0 amide bonds. The van der Waals surface area contributed by atoms with Gasteiger partial charge >= 0.3 is 11.9 Å². The van der Waals surface area contributed by atoms with Gasteiger partial charge in [-0.25, -0.2) is 13.1 Å². The number of esters is 1. The SMILES string of the molecule is COC(=O)CCCCCS(=O)(=O)N[C@H](C(=O)O)C(C)C. The Hall–Kier alpha value is -1.15. The number of carboxylic acids is 1. The van der Waals surface area contributed by atoms with E-state index in [0.717, 1.165) is 0 Å². The number of sulfonamides is 1. The van der Waals surface area contributed by atoms with Crippen LogP contribution in [0, 0.1) is 5.92 Å². The lowest BCUT2D eigenvalue weighted by Crippen LogP contribution is -2.45. The Kier molecular flexibility index (Phi) is 8.40. The number of hydrogen-bond donors (Lipinski definition) is 2. The van der Waals surface area contributed by atoms with Crippen LogP contribution in [-0.2, 0) is 24.3 Å². The number of unbranched alkanes of at least 4 members (excludes halogenated alkanes) is 2. The highest BCUT2D eigenvalue weighted by atomic mass is 32.2. The fourth-order valence-corrected chi connectivity index (χ4v) is 3.03. The van der Waals surface area contributed by atoms with E-state index in [1.54, 1.807) is 13.8 Å². The van der Waals surface area contributed by atoms with E-state index in [4.69, 9.17) is 5.11 Å². The van der Waals surface area contributed by atoms with E-state index < -0.39 is 22.0 Å². The van der Waals surface area contributed by atoms with Crippen LogP contribution in [0.4, 0.5) is 0 Å². The number of nitrogens with one attached hydrogen (secondary N) is 1. The summed E-state index contributed by atoms with van der Waals surface area (Å²) in [5, 5.41) is 8.93. The smallest absolute Gasteiger partial charge is 0.321 e. The maximum absolute atomic E-state index is 11.7. The van der Waals surface area contributed by atoms with Crippen LogP contribution < -0.4 is 4.72 Å². The normalized spacial score (nSPS) is 13.2. The maximum atomic E-state index is 11.7. The quantitative estimate of drug-likeness (QED) is 0.455. The van der Waals surface area contributed by atoms with Crippen molar-refractivity contribution in [3.8, 4) is 0 Å².